The van der Waals surface area contributed by atoms with E-state index in [0.717, 1.165) is 16.9 Å². The number of anilines is 1. The summed E-state index contributed by atoms with van der Waals surface area (Å²) in [5.74, 6) is -0.0383. The molecule has 0 atom stereocenters. The molecule has 0 bridgehead atoms. The maximum Gasteiger partial charge on any atom is 0.348 e. The topological polar surface area (TPSA) is 112 Å². The molecule has 0 saturated heterocycles. The summed E-state index contributed by atoms with van der Waals surface area (Å²) in [5.41, 5.74) is 1.60. The van der Waals surface area contributed by atoms with E-state index in [4.69, 9.17) is 9.15 Å². The van der Waals surface area contributed by atoms with Gasteiger partial charge in [-0.2, -0.15) is 4.68 Å². The van der Waals surface area contributed by atoms with Gasteiger partial charge in [0.25, 0.3) is 5.91 Å². The van der Waals surface area contributed by atoms with Crippen LogP contribution in [0.2, 0.25) is 0 Å². The fourth-order valence-corrected chi connectivity index (χ4v) is 3.93. The first-order valence-corrected chi connectivity index (χ1v) is 10.6. The number of aromatic nitrogens is 4. The number of benzene rings is 1. The van der Waals surface area contributed by atoms with E-state index in [0.29, 0.717) is 27.0 Å². The highest BCUT2D eigenvalue weighted by Gasteiger charge is 2.22. The number of esters is 1. The fourth-order valence-electron chi connectivity index (χ4n) is 2.97. The van der Waals surface area contributed by atoms with Gasteiger partial charge in [-0.1, -0.05) is 30.3 Å². The number of carbonyl (C=O) groups is 2. The van der Waals surface area contributed by atoms with E-state index >= 15 is 0 Å². The molecule has 3 aromatic heterocycles. The number of furan rings is 1. The van der Waals surface area contributed by atoms with E-state index in [-0.39, 0.29) is 12.3 Å². The van der Waals surface area contributed by atoms with Gasteiger partial charge < -0.3 is 14.5 Å². The lowest BCUT2D eigenvalue weighted by atomic mass is 10.2. The molecule has 0 saturated carbocycles. The molecule has 162 valence electrons. The van der Waals surface area contributed by atoms with Crippen LogP contribution in [0.4, 0.5) is 5.00 Å². The molecular formula is C22H19N5O4S. The molecule has 4 rings (SSSR count). The monoisotopic (exact) mass is 449 g/mol. The van der Waals surface area contributed by atoms with Crippen molar-refractivity contribution < 1.29 is 18.7 Å². The van der Waals surface area contributed by atoms with Crippen molar-refractivity contribution in [3.8, 4) is 11.4 Å². The number of thiophene rings is 1. The molecule has 0 unspecified atom stereocenters. The van der Waals surface area contributed by atoms with Gasteiger partial charge in [-0.3, -0.25) is 4.79 Å². The van der Waals surface area contributed by atoms with Crippen LogP contribution >= 0.6 is 11.3 Å². The second-order valence-electron chi connectivity index (χ2n) is 6.62. The second kappa shape index (κ2) is 9.40. The lowest BCUT2D eigenvalue weighted by Crippen LogP contribution is -2.19. The molecular weight excluding hydrogens is 430 g/mol. The Labute approximate surface area is 187 Å². The number of carbonyl (C=O) groups excluding carboxylic acids is 2. The molecule has 32 heavy (non-hydrogen) atoms. The SMILES string of the molecule is CCOC(=O)c1sc(NC(=O)C(=Cc2ccco2)n2nnnc2-c2ccccc2)cc1C. The van der Waals surface area contributed by atoms with E-state index in [2.05, 4.69) is 20.8 Å². The van der Waals surface area contributed by atoms with Gasteiger partial charge in [0.05, 0.1) is 17.9 Å². The summed E-state index contributed by atoms with van der Waals surface area (Å²) in [7, 11) is 0. The number of nitrogens with one attached hydrogen (secondary N) is 1. The van der Waals surface area contributed by atoms with Crippen molar-refractivity contribution in [2.75, 3.05) is 11.9 Å². The van der Waals surface area contributed by atoms with Gasteiger partial charge in [-0.15, -0.1) is 16.4 Å². The van der Waals surface area contributed by atoms with Gasteiger partial charge in [-0.25, -0.2) is 4.79 Å². The summed E-state index contributed by atoms with van der Waals surface area (Å²) >= 11 is 1.14. The lowest BCUT2D eigenvalue weighted by Gasteiger charge is -2.09. The van der Waals surface area contributed by atoms with Crippen molar-refractivity contribution >= 4 is 40.0 Å². The van der Waals surface area contributed by atoms with Crippen LogP contribution in [0, 0.1) is 6.92 Å². The Hall–Kier alpha value is -4.05. The molecule has 1 N–H and O–H groups in total. The number of ether oxygens (including phenoxy) is 1. The summed E-state index contributed by atoms with van der Waals surface area (Å²) in [6.45, 7) is 3.80. The van der Waals surface area contributed by atoms with Gasteiger partial charge in [0.1, 0.15) is 16.3 Å². The largest absolute Gasteiger partial charge is 0.465 e. The Kier molecular flexibility index (Phi) is 6.22. The molecule has 0 fully saturated rings. The highest BCUT2D eigenvalue weighted by atomic mass is 32.1. The van der Waals surface area contributed by atoms with Crippen molar-refractivity contribution in [3.63, 3.8) is 0 Å². The van der Waals surface area contributed by atoms with E-state index in [9.17, 15) is 9.59 Å². The molecule has 9 nitrogen and oxygen atoms in total. The minimum absolute atomic E-state index is 0.146. The van der Waals surface area contributed by atoms with Crippen LogP contribution in [0.15, 0.2) is 59.2 Å². The number of hydrogen-bond acceptors (Lipinski definition) is 8. The van der Waals surface area contributed by atoms with E-state index in [1.165, 1.54) is 10.9 Å². The predicted molar refractivity (Wildman–Crippen MR) is 120 cm³/mol. The summed E-state index contributed by atoms with van der Waals surface area (Å²) in [6, 6.07) is 14.4. The summed E-state index contributed by atoms with van der Waals surface area (Å²) in [5, 5.41) is 15.2. The average Bonchev–Trinajstić information content (AvgIpc) is 3.54. The molecule has 0 aliphatic heterocycles. The van der Waals surface area contributed by atoms with Gasteiger partial charge in [0.15, 0.2) is 5.82 Å². The zero-order valence-corrected chi connectivity index (χ0v) is 18.1. The Morgan fingerprint density at radius 2 is 2.03 bits per heavy atom. The van der Waals surface area contributed by atoms with Gasteiger partial charge in [0.2, 0.25) is 0 Å². The Bertz CT molecular complexity index is 1260. The first-order valence-electron chi connectivity index (χ1n) is 9.75. The molecule has 0 radical (unpaired) electrons. The van der Waals surface area contributed by atoms with Crippen molar-refractivity contribution in [1.29, 1.82) is 0 Å². The van der Waals surface area contributed by atoms with Crippen LogP contribution in [-0.4, -0.2) is 38.7 Å². The molecule has 10 heteroatoms. The van der Waals surface area contributed by atoms with Crippen LogP contribution in [0.1, 0.15) is 27.9 Å². The Balaban J connectivity index is 1.69. The van der Waals surface area contributed by atoms with Gasteiger partial charge in [0, 0.05) is 11.6 Å². The highest BCUT2D eigenvalue weighted by Crippen LogP contribution is 2.29. The molecule has 1 amide bonds. The number of tetrazole rings is 1. The molecule has 4 aromatic rings. The quantitative estimate of drug-likeness (QED) is 0.334. The van der Waals surface area contributed by atoms with Crippen LogP contribution in [-0.2, 0) is 9.53 Å². The minimum Gasteiger partial charge on any atom is -0.465 e. The second-order valence-corrected chi connectivity index (χ2v) is 7.67. The van der Waals surface area contributed by atoms with E-state index < -0.39 is 11.9 Å². The Morgan fingerprint density at radius 1 is 1.22 bits per heavy atom. The van der Waals surface area contributed by atoms with Crippen molar-refractivity contribution in [3.05, 3.63) is 71.0 Å². The standard InChI is InChI=1S/C22H19N5O4S/c1-3-30-22(29)19-14(2)12-18(32-19)23-21(28)17(13-16-10-7-11-31-16)27-20(24-25-26-27)15-8-5-4-6-9-15/h4-13H,3H2,1-2H3,(H,23,28). The average molecular weight is 449 g/mol. The minimum atomic E-state index is -0.470. The normalized spacial score (nSPS) is 11.4. The molecule has 0 spiro atoms. The summed E-state index contributed by atoms with van der Waals surface area (Å²) in [4.78, 5) is 25.8. The third kappa shape index (κ3) is 4.49. The first-order chi connectivity index (χ1) is 15.6. The molecule has 0 aliphatic rings. The zero-order valence-electron chi connectivity index (χ0n) is 17.3. The Morgan fingerprint density at radius 3 is 2.75 bits per heavy atom. The van der Waals surface area contributed by atoms with Crippen LogP contribution in [0.5, 0.6) is 0 Å². The molecule has 1 aromatic carbocycles. The molecule has 3 heterocycles. The zero-order chi connectivity index (χ0) is 22.5. The third-order valence-corrected chi connectivity index (χ3v) is 5.53. The first kappa shape index (κ1) is 21.2. The van der Waals surface area contributed by atoms with Gasteiger partial charge in [-0.05, 0) is 48.0 Å². The smallest absolute Gasteiger partial charge is 0.348 e. The van der Waals surface area contributed by atoms with E-state index in [1.54, 1.807) is 38.1 Å². The van der Waals surface area contributed by atoms with E-state index in [1.807, 2.05) is 30.3 Å². The maximum atomic E-state index is 13.3. The predicted octanol–water partition coefficient (Wildman–Crippen LogP) is 4.12. The fraction of sp³-hybridized carbons (Fsp3) is 0.136. The lowest BCUT2D eigenvalue weighted by molar-refractivity contribution is -0.111. The summed E-state index contributed by atoms with van der Waals surface area (Å²) in [6.07, 6.45) is 3.05. The van der Waals surface area contributed by atoms with Crippen LogP contribution in [0.25, 0.3) is 23.2 Å². The summed E-state index contributed by atoms with van der Waals surface area (Å²) < 4.78 is 11.8. The van der Waals surface area contributed by atoms with Crippen molar-refractivity contribution in [2.45, 2.75) is 13.8 Å². The molecule has 0 aliphatic carbocycles. The van der Waals surface area contributed by atoms with Crippen LogP contribution in [0.3, 0.4) is 0 Å². The number of aryl methyl sites for hydroxylation is 1. The number of amides is 1. The number of rotatable bonds is 7. The number of hydrogen-bond donors (Lipinski definition) is 1. The van der Waals surface area contributed by atoms with Crippen LogP contribution < -0.4 is 5.32 Å². The highest BCUT2D eigenvalue weighted by molar-refractivity contribution is 7.18. The van der Waals surface area contributed by atoms with Crippen molar-refractivity contribution in [2.24, 2.45) is 0 Å². The van der Waals surface area contributed by atoms with Crippen molar-refractivity contribution in [1.82, 2.24) is 20.2 Å². The third-order valence-electron chi connectivity index (χ3n) is 4.40. The number of nitrogens with zero attached hydrogens (tertiary/aromatic N) is 4. The van der Waals surface area contributed by atoms with Gasteiger partial charge >= 0.3 is 5.97 Å². The maximum absolute atomic E-state index is 13.3.